The number of aromatic nitrogens is 1. The Morgan fingerprint density at radius 2 is 1.37 bits per heavy atom. The quantitative estimate of drug-likeness (QED) is 0.0290. The summed E-state index contributed by atoms with van der Waals surface area (Å²) in [6.45, 7) is 3.98. The van der Waals surface area contributed by atoms with Gasteiger partial charge in [0.1, 0.15) is 36.1 Å². The van der Waals surface area contributed by atoms with Gasteiger partial charge in [-0.3, -0.25) is 4.55 Å². The first-order valence-electron chi connectivity index (χ1n) is 18.0. The Balaban J connectivity index is 0.000000858. The molecular weight excluding hydrogens is 904 g/mol. The standard InChI is InChI=1S/C15H23NO6.C15H22NO6.CHF3O3S.2Na.O4S2/c2*1-2-3-7-21-15(20)10-5-4-6-16(8-10)14-13(19)12(18)11(9-17)22-14;2-1(3,4)8(5,6)7;;;1-5(2)6(3)4/h4,6,8,11-14,17-19H,2-3,5,7,9H2,1H3;4-6,8,11-14,17-19H,2-3,7,9H2,1H3;(H,5,6,7);;;/q;+1;;;;/t2*11-,12+,13?,14-;;;;/m11..../s1. The molecule has 0 bridgehead atoms. The summed E-state index contributed by atoms with van der Waals surface area (Å²) in [5.74, 6) is -0.843. The molecule has 0 aliphatic carbocycles. The Morgan fingerprint density at radius 3 is 1.80 bits per heavy atom. The SMILES string of the molecule is CCCCOC(=O)C1=CN([C@@H]2O[C@H](CO)[C@H](O)C2O)C=CC1.CCCCOC(=O)c1ccc[n+]([C@@H]2O[C@H](CO)[C@H](O)C2O)c1.O=S(=O)(O)C(F)(F)F.O=S(=O)=S(=O)=O.[Na][Na]. The molecule has 29 heteroatoms. The molecule has 2 fully saturated rings. The van der Waals surface area contributed by atoms with Gasteiger partial charge in [0.25, 0.3) is 6.23 Å². The fourth-order valence-corrected chi connectivity index (χ4v) is 4.69. The number of halogens is 3. The normalized spacial score (nSPS) is 24.4. The van der Waals surface area contributed by atoms with E-state index in [1.165, 1.54) is 59.3 Å². The first-order valence-corrected chi connectivity index (χ1v) is 30.1. The average molecular weight is 950 g/mol. The fraction of sp³-hybridized carbons (Fsp3) is 0.645. The number of hydrogen-bond acceptors (Lipinski definition) is 19. The van der Waals surface area contributed by atoms with E-state index >= 15 is 0 Å². The average Bonchev–Trinajstić information content (AvgIpc) is 3.67. The molecule has 4 heterocycles. The van der Waals surface area contributed by atoms with Gasteiger partial charge in [-0.15, -0.1) is 0 Å². The second kappa shape index (κ2) is 29.7. The number of hydrogen-bond donors (Lipinski definition) is 7. The van der Waals surface area contributed by atoms with Crippen LogP contribution in [0, 0.1) is 0 Å². The molecule has 2 saturated heterocycles. The number of alkyl halides is 3. The summed E-state index contributed by atoms with van der Waals surface area (Å²) in [5.41, 5.74) is -4.75. The van der Waals surface area contributed by atoms with Crippen molar-refractivity contribution in [2.45, 2.75) is 101 Å². The van der Waals surface area contributed by atoms with Crippen LogP contribution in [-0.4, -0.2) is 196 Å². The van der Waals surface area contributed by atoms with Gasteiger partial charge in [0.15, 0.2) is 24.7 Å². The van der Waals surface area contributed by atoms with Crippen LogP contribution in [0.15, 0.2) is 48.6 Å². The van der Waals surface area contributed by atoms with Crippen LogP contribution in [0.5, 0.6) is 0 Å². The summed E-state index contributed by atoms with van der Waals surface area (Å²) in [5, 5.41) is 57.8. The van der Waals surface area contributed by atoms with Crippen LogP contribution >= 0.6 is 0 Å². The summed E-state index contributed by atoms with van der Waals surface area (Å²) in [4.78, 5) is 25.4. The third-order valence-corrected chi connectivity index (χ3v) is 9.20. The number of esters is 2. The van der Waals surface area contributed by atoms with Crippen molar-refractivity contribution in [2.75, 3.05) is 26.4 Å². The predicted molar refractivity (Wildman–Crippen MR) is 199 cm³/mol. The molecule has 2 unspecified atom stereocenters. The molecule has 0 spiro atoms. The van der Waals surface area contributed by atoms with Crippen molar-refractivity contribution in [2.24, 2.45) is 0 Å². The van der Waals surface area contributed by atoms with Gasteiger partial charge in [-0.25, -0.2) is 9.59 Å². The summed E-state index contributed by atoms with van der Waals surface area (Å²) in [7, 11) is -11.7. The van der Waals surface area contributed by atoms with Gasteiger partial charge in [-0.2, -0.15) is 43.0 Å². The molecule has 4 rings (SSSR count). The number of rotatable bonds is 12. The van der Waals surface area contributed by atoms with Crippen molar-refractivity contribution in [1.29, 1.82) is 0 Å². The molecule has 21 nitrogen and oxygen atoms in total. The van der Waals surface area contributed by atoms with E-state index in [4.69, 9.17) is 59.0 Å². The van der Waals surface area contributed by atoms with E-state index in [0.29, 0.717) is 30.8 Å². The Morgan fingerprint density at radius 1 is 0.883 bits per heavy atom. The number of aliphatic hydroxyl groups excluding tert-OH is 6. The van der Waals surface area contributed by atoms with Crippen LogP contribution in [-0.2, 0) is 52.4 Å². The second-order valence-corrected chi connectivity index (χ2v) is 15.9. The first kappa shape index (κ1) is 58.4. The van der Waals surface area contributed by atoms with Crippen LogP contribution in [0.2, 0.25) is 0 Å². The van der Waals surface area contributed by atoms with Crippen molar-refractivity contribution < 1.29 is 107 Å². The number of nitrogens with zero attached hydrogens (tertiary/aromatic N) is 2. The van der Waals surface area contributed by atoms with Gasteiger partial charge < -0.3 is 54.5 Å². The summed E-state index contributed by atoms with van der Waals surface area (Å²) >= 11 is 2.89. The van der Waals surface area contributed by atoms with E-state index in [0.717, 1.165) is 25.7 Å². The van der Waals surface area contributed by atoms with E-state index in [1.807, 2.05) is 13.8 Å². The molecule has 0 saturated carbocycles. The van der Waals surface area contributed by atoms with Gasteiger partial charge >= 0.3 is 89.7 Å². The summed E-state index contributed by atoms with van der Waals surface area (Å²) < 4.78 is 117. The zero-order valence-corrected chi connectivity index (χ0v) is 39.3. The maximum atomic E-state index is 12.0. The van der Waals surface area contributed by atoms with Gasteiger partial charge in [0.2, 0.25) is 0 Å². The molecule has 8 atom stereocenters. The van der Waals surface area contributed by atoms with Crippen LogP contribution in [0.1, 0.15) is 62.5 Å². The maximum absolute atomic E-state index is 12.0. The zero-order chi connectivity index (χ0) is 46.4. The van der Waals surface area contributed by atoms with E-state index in [1.54, 1.807) is 36.8 Å². The van der Waals surface area contributed by atoms with E-state index < -0.39 is 102 Å². The summed E-state index contributed by atoms with van der Waals surface area (Å²) in [6, 6.07) is 3.23. The van der Waals surface area contributed by atoms with Gasteiger partial charge in [-0.05, 0) is 18.9 Å². The minimum atomic E-state index is -5.84. The Kier molecular flexibility index (Phi) is 28.9. The predicted octanol–water partition coefficient (Wildman–Crippen LogP) is -2.29. The third-order valence-electron chi connectivity index (χ3n) is 7.73. The van der Waals surface area contributed by atoms with Crippen LogP contribution in [0.25, 0.3) is 0 Å². The Bertz CT molecular complexity index is 1880. The number of unbranched alkanes of at least 4 members (excludes halogenated alkanes) is 2. The van der Waals surface area contributed by atoms with E-state index in [2.05, 4.69) is 0 Å². The molecule has 3 aliphatic rings. The molecule has 0 radical (unpaired) electrons. The van der Waals surface area contributed by atoms with Gasteiger partial charge in [0.05, 0.1) is 32.0 Å². The summed E-state index contributed by atoms with van der Waals surface area (Å²) in [6.07, 6.45) is 3.90. The van der Waals surface area contributed by atoms with E-state index in [9.17, 15) is 43.2 Å². The third kappa shape index (κ3) is 19.8. The van der Waals surface area contributed by atoms with Gasteiger partial charge in [0, 0.05) is 24.9 Å². The van der Waals surface area contributed by atoms with Crippen molar-refractivity contribution in [3.63, 3.8) is 0 Å². The topological polar surface area (TPSA) is 322 Å². The van der Waals surface area contributed by atoms with Crippen molar-refractivity contribution in [3.05, 3.63) is 54.1 Å². The molecule has 1 aromatic heterocycles. The van der Waals surface area contributed by atoms with Gasteiger partial charge in [-0.1, -0.05) is 32.8 Å². The second-order valence-electron chi connectivity index (χ2n) is 12.0. The fourth-order valence-electron chi connectivity index (χ4n) is 4.69. The molecule has 1 aromatic rings. The monoisotopic (exact) mass is 949 g/mol. The molecule has 7 N–H and O–H groups in total. The zero-order valence-electron chi connectivity index (χ0n) is 32.8. The number of carbonyl (C=O) groups is 2. The van der Waals surface area contributed by atoms with Crippen LogP contribution in [0.4, 0.5) is 13.2 Å². The van der Waals surface area contributed by atoms with Crippen LogP contribution < -0.4 is 4.57 Å². The number of ether oxygens (including phenoxy) is 4. The molecule has 60 heavy (non-hydrogen) atoms. The number of pyridine rings is 1. The number of allylic oxidation sites excluding steroid dienone is 1. The first-order chi connectivity index (χ1) is 28.1. The molecule has 0 aromatic carbocycles. The molecule has 3 aliphatic heterocycles. The van der Waals surface area contributed by atoms with E-state index in [-0.39, 0.29) is 6.61 Å². The number of carbonyl (C=O) groups excluding carboxylic acids is 2. The Hall–Kier alpha value is -1.61. The number of aliphatic hydroxyl groups is 6. The Labute approximate surface area is 373 Å². The molecular formula is C31H46F3N2Na2O19S3+. The molecule has 334 valence electrons. The van der Waals surface area contributed by atoms with Crippen molar-refractivity contribution >= 4 is 84.2 Å². The van der Waals surface area contributed by atoms with Crippen molar-refractivity contribution in [1.82, 2.24) is 4.90 Å². The molecule has 0 amide bonds. The van der Waals surface area contributed by atoms with Crippen molar-refractivity contribution in [3.8, 4) is 0 Å². The minimum absolute atomic E-state index is 0.330. The van der Waals surface area contributed by atoms with Crippen LogP contribution in [0.3, 0.4) is 0 Å².